The second kappa shape index (κ2) is 8.22. The Morgan fingerprint density at radius 2 is 2.19 bits per heavy atom. The van der Waals surface area contributed by atoms with Crippen LogP contribution in [0.15, 0.2) is 22.7 Å². The topological polar surface area (TPSA) is 37.8 Å². The Morgan fingerprint density at radius 1 is 1.38 bits per heavy atom. The van der Waals surface area contributed by atoms with Crippen LogP contribution in [0.3, 0.4) is 0 Å². The van der Waals surface area contributed by atoms with Gasteiger partial charge < -0.3 is 5.32 Å². The van der Waals surface area contributed by atoms with Gasteiger partial charge in [0.25, 0.3) is 0 Å². The van der Waals surface area contributed by atoms with Crippen LogP contribution in [0.2, 0.25) is 5.02 Å². The summed E-state index contributed by atoms with van der Waals surface area (Å²) >= 11 is 11.3. The zero-order valence-electron chi connectivity index (χ0n) is 12.2. The molecule has 0 amide bonds. The molecule has 1 unspecified atom stereocenters. The van der Waals surface area contributed by atoms with E-state index in [1.165, 1.54) is 16.4 Å². The molecule has 21 heavy (non-hydrogen) atoms. The lowest BCUT2D eigenvalue weighted by Crippen LogP contribution is -2.23. The summed E-state index contributed by atoms with van der Waals surface area (Å²) in [7, 11) is 0. The molecule has 1 aromatic heterocycles. The highest BCUT2D eigenvalue weighted by Crippen LogP contribution is 2.29. The van der Waals surface area contributed by atoms with Gasteiger partial charge in [0.1, 0.15) is 0 Å². The number of rotatable bonds is 7. The summed E-state index contributed by atoms with van der Waals surface area (Å²) in [6.45, 7) is 5.18. The van der Waals surface area contributed by atoms with Gasteiger partial charge in [-0.25, -0.2) is 0 Å². The number of likely N-dealkylation sites (N-methyl/N-ethyl adjacent to an activating group) is 1. The Hall–Kier alpha value is -0.490. The Kier molecular flexibility index (Phi) is 6.61. The van der Waals surface area contributed by atoms with Crippen LogP contribution >= 0.6 is 39.1 Å². The average molecular weight is 389 g/mol. The van der Waals surface area contributed by atoms with Gasteiger partial charge >= 0.3 is 0 Å². The molecule has 2 aromatic rings. The van der Waals surface area contributed by atoms with Crippen LogP contribution in [0.1, 0.15) is 42.4 Å². The summed E-state index contributed by atoms with van der Waals surface area (Å²) in [6, 6.07) is 6.26. The number of hydrogen-bond donors (Lipinski definition) is 1. The molecule has 1 atom stereocenters. The number of halogens is 2. The second-order valence-electron chi connectivity index (χ2n) is 4.88. The van der Waals surface area contributed by atoms with E-state index >= 15 is 0 Å². The summed E-state index contributed by atoms with van der Waals surface area (Å²) in [5.74, 6) is 0. The van der Waals surface area contributed by atoms with Crippen LogP contribution < -0.4 is 5.32 Å². The van der Waals surface area contributed by atoms with Crippen LogP contribution in [0.5, 0.6) is 0 Å². The molecule has 0 aliphatic carbocycles. The van der Waals surface area contributed by atoms with Crippen molar-refractivity contribution < 1.29 is 0 Å². The van der Waals surface area contributed by atoms with Gasteiger partial charge in [-0.3, -0.25) is 0 Å². The molecule has 6 heteroatoms. The fraction of sp³-hybridized carbons (Fsp3) is 0.467. The fourth-order valence-corrected chi connectivity index (χ4v) is 3.82. The quantitative estimate of drug-likeness (QED) is 0.740. The first-order chi connectivity index (χ1) is 10.2. The summed E-state index contributed by atoms with van der Waals surface area (Å²) in [6.07, 6.45) is 2.90. The largest absolute Gasteiger partial charge is 0.309 e. The normalized spacial score (nSPS) is 12.6. The van der Waals surface area contributed by atoms with Crippen molar-refractivity contribution in [2.75, 3.05) is 6.54 Å². The van der Waals surface area contributed by atoms with Gasteiger partial charge in [0.2, 0.25) is 0 Å². The van der Waals surface area contributed by atoms with E-state index in [9.17, 15) is 0 Å². The molecule has 0 bridgehead atoms. The Labute approximate surface area is 143 Å². The lowest BCUT2D eigenvalue weighted by atomic mass is 10.0. The molecule has 1 aromatic carbocycles. The van der Waals surface area contributed by atoms with Crippen LogP contribution in [-0.2, 0) is 12.8 Å². The zero-order chi connectivity index (χ0) is 15.2. The molecule has 1 heterocycles. The Bertz CT molecular complexity index is 588. The van der Waals surface area contributed by atoms with Gasteiger partial charge in [0, 0.05) is 15.5 Å². The molecule has 0 spiro atoms. The first kappa shape index (κ1) is 16.9. The molecule has 2 rings (SSSR count). The van der Waals surface area contributed by atoms with Crippen LogP contribution in [-0.4, -0.2) is 16.1 Å². The number of nitrogens with zero attached hydrogens (tertiary/aromatic N) is 2. The van der Waals surface area contributed by atoms with Gasteiger partial charge in [0.15, 0.2) is 0 Å². The van der Waals surface area contributed by atoms with E-state index < -0.39 is 0 Å². The highest BCUT2D eigenvalue weighted by atomic mass is 79.9. The highest BCUT2D eigenvalue weighted by Gasteiger charge is 2.19. The molecule has 0 saturated carbocycles. The van der Waals surface area contributed by atoms with Gasteiger partial charge in [-0.15, -0.1) is 5.10 Å². The van der Waals surface area contributed by atoms with E-state index in [1.807, 2.05) is 12.1 Å². The molecule has 1 N–H and O–H groups in total. The Balaban J connectivity index is 2.24. The van der Waals surface area contributed by atoms with Gasteiger partial charge in [0.05, 0.1) is 10.6 Å². The van der Waals surface area contributed by atoms with E-state index in [1.54, 1.807) is 0 Å². The summed E-state index contributed by atoms with van der Waals surface area (Å²) in [4.78, 5) is 1.23. The van der Waals surface area contributed by atoms with Gasteiger partial charge in [-0.2, -0.15) is 0 Å². The maximum atomic E-state index is 6.35. The number of aromatic nitrogens is 2. The average Bonchev–Trinajstić information content (AvgIpc) is 2.90. The van der Waals surface area contributed by atoms with E-state index in [0.29, 0.717) is 0 Å². The maximum Gasteiger partial charge on any atom is 0.0803 e. The van der Waals surface area contributed by atoms with Crippen molar-refractivity contribution in [3.05, 3.63) is 43.8 Å². The smallest absolute Gasteiger partial charge is 0.0803 e. The SMILES string of the molecule is CCCc1nnsc1C(Cc1ccc(Br)cc1Cl)NCC. The van der Waals surface area contributed by atoms with Crippen molar-refractivity contribution in [2.45, 2.75) is 39.2 Å². The lowest BCUT2D eigenvalue weighted by Gasteiger charge is -2.18. The van der Waals surface area contributed by atoms with Crippen molar-refractivity contribution in [3.63, 3.8) is 0 Å². The number of hydrogen-bond acceptors (Lipinski definition) is 4. The van der Waals surface area contributed by atoms with E-state index in [0.717, 1.165) is 46.6 Å². The van der Waals surface area contributed by atoms with Gasteiger partial charge in [-0.1, -0.05) is 58.4 Å². The van der Waals surface area contributed by atoms with Crippen LogP contribution in [0.4, 0.5) is 0 Å². The summed E-state index contributed by atoms with van der Waals surface area (Å²) in [5.41, 5.74) is 2.25. The van der Waals surface area contributed by atoms with Crippen molar-refractivity contribution in [2.24, 2.45) is 0 Å². The molecule has 0 aliphatic rings. The van der Waals surface area contributed by atoms with Gasteiger partial charge in [-0.05, 0) is 48.6 Å². The first-order valence-electron chi connectivity index (χ1n) is 7.14. The minimum atomic E-state index is 0.218. The third kappa shape index (κ3) is 4.49. The van der Waals surface area contributed by atoms with E-state index in [-0.39, 0.29) is 6.04 Å². The van der Waals surface area contributed by atoms with Crippen molar-refractivity contribution in [3.8, 4) is 0 Å². The zero-order valence-corrected chi connectivity index (χ0v) is 15.4. The summed E-state index contributed by atoms with van der Waals surface area (Å²) < 4.78 is 5.14. The van der Waals surface area contributed by atoms with Crippen LogP contribution in [0, 0.1) is 0 Å². The Morgan fingerprint density at radius 3 is 2.86 bits per heavy atom. The summed E-state index contributed by atoms with van der Waals surface area (Å²) in [5, 5.41) is 8.60. The fourth-order valence-electron chi connectivity index (χ4n) is 2.30. The molecular formula is C15H19BrClN3S. The maximum absolute atomic E-state index is 6.35. The molecule has 114 valence electrons. The standard InChI is InChI=1S/C15H19BrClN3S/c1-3-5-13-15(21-20-19-13)14(18-4-2)8-10-6-7-11(16)9-12(10)17/h6-7,9,14,18H,3-5,8H2,1-2H3. The highest BCUT2D eigenvalue weighted by molar-refractivity contribution is 9.10. The monoisotopic (exact) mass is 387 g/mol. The number of benzene rings is 1. The third-order valence-electron chi connectivity index (χ3n) is 3.28. The molecule has 3 nitrogen and oxygen atoms in total. The van der Waals surface area contributed by atoms with E-state index in [4.69, 9.17) is 11.6 Å². The predicted octanol–water partition coefficient (Wildman–Crippen LogP) is 4.80. The molecular weight excluding hydrogens is 370 g/mol. The molecule has 0 saturated heterocycles. The third-order valence-corrected chi connectivity index (χ3v) is 5.00. The lowest BCUT2D eigenvalue weighted by molar-refractivity contribution is 0.552. The number of nitrogens with one attached hydrogen (secondary N) is 1. The van der Waals surface area contributed by atoms with Crippen molar-refractivity contribution >= 4 is 39.1 Å². The predicted molar refractivity (Wildman–Crippen MR) is 93.2 cm³/mol. The van der Waals surface area contributed by atoms with Crippen molar-refractivity contribution in [1.29, 1.82) is 0 Å². The first-order valence-corrected chi connectivity index (χ1v) is 9.08. The molecule has 0 aliphatic heterocycles. The van der Waals surface area contributed by atoms with E-state index in [2.05, 4.69) is 50.7 Å². The number of aryl methyl sites for hydroxylation is 1. The van der Waals surface area contributed by atoms with Crippen LogP contribution in [0.25, 0.3) is 0 Å². The molecule has 0 radical (unpaired) electrons. The minimum absolute atomic E-state index is 0.218. The second-order valence-corrected chi connectivity index (χ2v) is 6.99. The minimum Gasteiger partial charge on any atom is -0.309 e. The van der Waals surface area contributed by atoms with Crippen molar-refractivity contribution in [1.82, 2.24) is 14.9 Å². The molecule has 0 fully saturated rings.